The highest BCUT2D eigenvalue weighted by molar-refractivity contribution is 6.02. The summed E-state index contributed by atoms with van der Waals surface area (Å²) in [5, 5.41) is 26.3. The van der Waals surface area contributed by atoms with Gasteiger partial charge < -0.3 is 26.2 Å². The molecule has 9 heteroatoms. The molecule has 0 unspecified atom stereocenters. The van der Waals surface area contributed by atoms with Crippen LogP contribution in [0.1, 0.15) is 88.0 Å². The van der Waals surface area contributed by atoms with Crippen molar-refractivity contribution in [1.29, 1.82) is 0 Å². The maximum Gasteiger partial charge on any atom is 0.303 e. The number of hydrogen-bond donors (Lipinski definition) is 5. The summed E-state index contributed by atoms with van der Waals surface area (Å²) in [4.78, 5) is 45.5. The van der Waals surface area contributed by atoms with E-state index in [0.29, 0.717) is 41.9 Å². The van der Waals surface area contributed by atoms with Crippen LogP contribution in [-0.2, 0) is 19.2 Å². The molecule has 0 saturated heterocycles. The van der Waals surface area contributed by atoms with Gasteiger partial charge in [0.2, 0.25) is 0 Å². The van der Waals surface area contributed by atoms with Gasteiger partial charge in [0.05, 0.1) is 0 Å². The van der Waals surface area contributed by atoms with E-state index in [1.165, 1.54) is 0 Å². The first-order valence-electron chi connectivity index (χ1n) is 15.5. The highest BCUT2D eigenvalue weighted by atomic mass is 16.4. The van der Waals surface area contributed by atoms with Gasteiger partial charge in [-0.1, -0.05) is 75.1 Å². The molecule has 2 amide bonds. The van der Waals surface area contributed by atoms with Crippen LogP contribution in [0.25, 0.3) is 0 Å². The molecule has 1 aliphatic heterocycles. The molecule has 1 rings (SSSR count). The number of nitrogens with one attached hydrogen (secondary N) is 3. The van der Waals surface area contributed by atoms with Crippen molar-refractivity contribution in [2.75, 3.05) is 6.54 Å². The molecule has 258 valence electrons. The Balaban J connectivity index is 0. The minimum absolute atomic E-state index is 0.00395. The number of carbonyl (C=O) groups excluding carboxylic acids is 2. The number of rotatable bonds is 16. The van der Waals surface area contributed by atoms with Crippen LogP contribution in [0.4, 0.5) is 0 Å². The SMILES string of the molecule is C=C(C)C(=C)CCC(=O)O.C=C/C=C(\C)C(=O)NC(C)=CNC/C(C)=C(CCC(=O)O)/C(C)=C(C)/C=C1/NC(=O)C(C=C)=C1C.CC. The van der Waals surface area contributed by atoms with E-state index in [1.54, 1.807) is 38.3 Å². The van der Waals surface area contributed by atoms with Crippen LogP contribution in [0, 0.1) is 0 Å². The molecule has 5 N–H and O–H groups in total. The minimum Gasteiger partial charge on any atom is -0.481 e. The Labute approximate surface area is 281 Å². The van der Waals surface area contributed by atoms with Gasteiger partial charge in [-0.15, -0.1) is 0 Å². The van der Waals surface area contributed by atoms with E-state index in [-0.39, 0.29) is 24.7 Å². The predicted octanol–water partition coefficient (Wildman–Crippen LogP) is 7.73. The fourth-order valence-electron chi connectivity index (χ4n) is 4.01. The van der Waals surface area contributed by atoms with Gasteiger partial charge in [0.15, 0.2) is 0 Å². The lowest BCUT2D eigenvalue weighted by molar-refractivity contribution is -0.137. The zero-order chi connectivity index (χ0) is 36.9. The molecule has 0 atom stereocenters. The number of carboxylic acids is 2. The summed E-state index contributed by atoms with van der Waals surface area (Å²) in [5.74, 6) is -2.05. The van der Waals surface area contributed by atoms with Crippen molar-refractivity contribution in [2.45, 2.75) is 88.0 Å². The van der Waals surface area contributed by atoms with E-state index in [9.17, 15) is 24.3 Å². The monoisotopic (exact) mass is 649 g/mol. The second kappa shape index (κ2) is 23.4. The number of allylic oxidation sites excluding steroid dienone is 10. The normalized spacial score (nSPS) is 14.7. The predicted molar refractivity (Wildman–Crippen MR) is 193 cm³/mol. The van der Waals surface area contributed by atoms with Crippen LogP contribution in [-0.4, -0.2) is 40.5 Å². The lowest BCUT2D eigenvalue weighted by Crippen LogP contribution is -2.24. The van der Waals surface area contributed by atoms with Crippen molar-refractivity contribution >= 4 is 23.8 Å². The van der Waals surface area contributed by atoms with Gasteiger partial charge in [-0.2, -0.15) is 0 Å². The summed E-state index contributed by atoms with van der Waals surface area (Å²) in [6.07, 6.45) is 9.38. The van der Waals surface area contributed by atoms with Crippen molar-refractivity contribution in [2.24, 2.45) is 0 Å². The standard InChI is InChI=1S/C28H37N3O4.C8H12O2.C2H6/c1-9-11-17(3)27(34)30-20(6)16-29-15-19(5)24(12-13-26(32)33)21(7)18(4)14-25-22(8)23(10-2)28(35)31-25;1-6(2)7(3)4-5-8(9)10;1-2/h9-11,14,16,29H,1-2,12-13,15H2,3-8H3,(H,30,34)(H,31,35)(H,32,33);1,3-5H2,2H3,(H,9,10);1-2H3/b17-11+,20-16?,21-18+,24-19+,25-14+;;. The molecule has 1 aliphatic rings. The van der Waals surface area contributed by atoms with Gasteiger partial charge in [-0.05, 0) is 89.7 Å². The largest absolute Gasteiger partial charge is 0.481 e. The Morgan fingerprint density at radius 2 is 1.45 bits per heavy atom. The Hall–Kier alpha value is -4.92. The molecule has 0 saturated carbocycles. The molecule has 1 heterocycles. The summed E-state index contributed by atoms with van der Waals surface area (Å²) < 4.78 is 0. The topological polar surface area (TPSA) is 145 Å². The van der Waals surface area contributed by atoms with Crippen molar-refractivity contribution in [3.63, 3.8) is 0 Å². The molecule has 0 bridgehead atoms. The number of hydrogen-bond acceptors (Lipinski definition) is 5. The third-order valence-corrected chi connectivity index (χ3v) is 6.98. The Kier molecular flexibility index (Phi) is 22.0. The van der Waals surface area contributed by atoms with Crippen molar-refractivity contribution in [3.05, 3.63) is 118 Å². The van der Waals surface area contributed by atoms with Crippen molar-refractivity contribution in [3.8, 4) is 0 Å². The van der Waals surface area contributed by atoms with Gasteiger partial charge >= 0.3 is 11.9 Å². The highest BCUT2D eigenvalue weighted by Gasteiger charge is 2.22. The quantitative estimate of drug-likeness (QED) is 0.0850. The van der Waals surface area contributed by atoms with E-state index >= 15 is 0 Å². The van der Waals surface area contributed by atoms with Crippen LogP contribution >= 0.6 is 0 Å². The first-order valence-corrected chi connectivity index (χ1v) is 15.5. The first-order chi connectivity index (χ1) is 22.0. The molecule has 0 spiro atoms. The second-order valence-corrected chi connectivity index (χ2v) is 10.7. The van der Waals surface area contributed by atoms with E-state index in [2.05, 4.69) is 42.3 Å². The van der Waals surface area contributed by atoms with Crippen LogP contribution in [0.2, 0.25) is 0 Å². The fraction of sp³-hybridized carbons (Fsp3) is 0.368. The third-order valence-electron chi connectivity index (χ3n) is 6.98. The number of carboxylic acid groups (broad SMARTS) is 2. The number of amides is 2. The van der Waals surface area contributed by atoms with Crippen molar-refractivity contribution < 1.29 is 29.4 Å². The van der Waals surface area contributed by atoms with E-state index in [0.717, 1.165) is 39.0 Å². The maximum atomic E-state index is 12.1. The molecular formula is C38H55N3O6. The van der Waals surface area contributed by atoms with E-state index in [4.69, 9.17) is 5.11 Å². The average Bonchev–Trinajstić information content (AvgIpc) is 3.27. The second-order valence-electron chi connectivity index (χ2n) is 10.7. The molecule has 0 aromatic carbocycles. The number of aliphatic carboxylic acids is 2. The van der Waals surface area contributed by atoms with Crippen LogP contribution < -0.4 is 16.0 Å². The molecule has 47 heavy (non-hydrogen) atoms. The molecule has 0 aromatic rings. The maximum absolute atomic E-state index is 12.1. The lowest BCUT2D eigenvalue weighted by Gasteiger charge is -2.16. The Morgan fingerprint density at radius 3 is 1.91 bits per heavy atom. The van der Waals surface area contributed by atoms with Crippen LogP contribution in [0.15, 0.2) is 118 Å². The first kappa shape index (κ1) is 44.2. The van der Waals surface area contributed by atoms with Gasteiger partial charge in [-0.25, -0.2) is 0 Å². The Morgan fingerprint density at radius 1 is 0.894 bits per heavy atom. The third kappa shape index (κ3) is 17.4. The highest BCUT2D eigenvalue weighted by Crippen LogP contribution is 2.27. The van der Waals surface area contributed by atoms with E-state index < -0.39 is 11.9 Å². The molecule has 0 aliphatic carbocycles. The zero-order valence-corrected chi connectivity index (χ0v) is 29.8. The van der Waals surface area contributed by atoms with Crippen molar-refractivity contribution in [1.82, 2.24) is 16.0 Å². The van der Waals surface area contributed by atoms with E-state index in [1.807, 2.05) is 54.5 Å². The smallest absolute Gasteiger partial charge is 0.303 e. The lowest BCUT2D eigenvalue weighted by atomic mass is 9.93. The molecule has 0 fully saturated rings. The van der Waals surface area contributed by atoms with Gasteiger partial charge in [0.1, 0.15) is 0 Å². The molecular weight excluding hydrogens is 594 g/mol. The molecule has 0 aromatic heterocycles. The van der Waals surface area contributed by atoms with Gasteiger partial charge in [0.25, 0.3) is 11.8 Å². The zero-order valence-electron chi connectivity index (χ0n) is 29.8. The summed E-state index contributed by atoms with van der Waals surface area (Å²) in [6, 6.07) is 0. The van der Waals surface area contributed by atoms with Gasteiger partial charge in [0, 0.05) is 48.1 Å². The minimum atomic E-state index is -0.870. The Bertz CT molecular complexity index is 1410. The summed E-state index contributed by atoms with van der Waals surface area (Å²) in [6.45, 7) is 32.1. The summed E-state index contributed by atoms with van der Waals surface area (Å²) in [5.41, 5.74) is 8.76. The average molecular weight is 650 g/mol. The fourth-order valence-corrected chi connectivity index (χ4v) is 4.01. The summed E-state index contributed by atoms with van der Waals surface area (Å²) in [7, 11) is 0. The molecule has 0 radical (unpaired) electrons. The van der Waals surface area contributed by atoms with Crippen LogP contribution in [0.5, 0.6) is 0 Å². The van der Waals surface area contributed by atoms with Gasteiger partial charge in [-0.3, -0.25) is 19.2 Å². The molecule has 9 nitrogen and oxygen atoms in total. The van der Waals surface area contributed by atoms with Crippen LogP contribution in [0.3, 0.4) is 0 Å². The number of carbonyl (C=O) groups is 4. The summed E-state index contributed by atoms with van der Waals surface area (Å²) >= 11 is 0.